The van der Waals surface area contributed by atoms with E-state index in [0.29, 0.717) is 0 Å². The molecule has 0 fully saturated rings. The van der Waals surface area contributed by atoms with Crippen molar-refractivity contribution < 1.29 is 28.2 Å². The summed E-state index contributed by atoms with van der Waals surface area (Å²) in [6, 6.07) is 8.79. The summed E-state index contributed by atoms with van der Waals surface area (Å²) in [5.41, 5.74) is 0.0700. The number of sulfone groups is 1. The van der Waals surface area contributed by atoms with Crippen molar-refractivity contribution in [1.29, 1.82) is 0 Å². The van der Waals surface area contributed by atoms with E-state index in [-0.39, 0.29) is 9.79 Å². The number of benzene rings is 2. The molecule has 0 aliphatic heterocycles. The third-order valence-corrected chi connectivity index (χ3v) is 4.79. The van der Waals surface area contributed by atoms with Crippen molar-refractivity contribution in [3.05, 3.63) is 59.2 Å². The average molecular weight is 320 g/mol. The molecule has 0 aliphatic rings. The van der Waals surface area contributed by atoms with E-state index >= 15 is 0 Å². The molecule has 2 aromatic carbocycles. The van der Waals surface area contributed by atoms with Crippen molar-refractivity contribution in [2.45, 2.75) is 16.7 Å². The van der Waals surface area contributed by atoms with Crippen molar-refractivity contribution in [2.24, 2.45) is 0 Å². The highest BCUT2D eigenvalue weighted by Gasteiger charge is 2.22. The number of carbonyl (C=O) groups is 2. The van der Waals surface area contributed by atoms with Gasteiger partial charge in [-0.2, -0.15) is 0 Å². The van der Waals surface area contributed by atoms with Crippen LogP contribution in [0.1, 0.15) is 26.3 Å². The second-order valence-electron chi connectivity index (χ2n) is 4.67. The van der Waals surface area contributed by atoms with Crippen LogP contribution in [0.5, 0.6) is 0 Å². The molecule has 0 bridgehead atoms. The number of hydrogen-bond donors (Lipinski definition) is 2. The molecule has 7 heteroatoms. The van der Waals surface area contributed by atoms with Gasteiger partial charge >= 0.3 is 11.9 Å². The maximum Gasteiger partial charge on any atom is 0.335 e. The first kappa shape index (κ1) is 15.7. The van der Waals surface area contributed by atoms with E-state index in [4.69, 9.17) is 10.2 Å². The van der Waals surface area contributed by atoms with Gasteiger partial charge in [0.1, 0.15) is 0 Å². The minimum absolute atomic E-state index is 0.0306. The highest BCUT2D eigenvalue weighted by Crippen LogP contribution is 2.23. The summed E-state index contributed by atoms with van der Waals surface area (Å²) in [7, 11) is -3.99. The minimum atomic E-state index is -3.99. The Morgan fingerprint density at radius 3 is 1.68 bits per heavy atom. The second-order valence-corrected chi connectivity index (χ2v) is 6.62. The predicted octanol–water partition coefficient (Wildman–Crippen LogP) is 2.22. The van der Waals surface area contributed by atoms with Gasteiger partial charge in [0.05, 0.1) is 20.9 Å². The number of aromatic carboxylic acids is 2. The van der Waals surface area contributed by atoms with Crippen LogP contribution in [-0.2, 0) is 9.84 Å². The fourth-order valence-corrected chi connectivity index (χ4v) is 3.19. The number of aryl methyl sites for hydroxylation is 1. The SMILES string of the molecule is Cc1ccc(S(=O)(=O)c2cc(C(=O)O)cc(C(=O)O)c2)cc1. The molecule has 0 radical (unpaired) electrons. The summed E-state index contributed by atoms with van der Waals surface area (Å²) in [5, 5.41) is 18.0. The van der Waals surface area contributed by atoms with Crippen LogP contribution < -0.4 is 0 Å². The highest BCUT2D eigenvalue weighted by molar-refractivity contribution is 7.91. The van der Waals surface area contributed by atoms with Crippen molar-refractivity contribution in [2.75, 3.05) is 0 Å². The monoisotopic (exact) mass is 320 g/mol. The van der Waals surface area contributed by atoms with E-state index in [0.717, 1.165) is 23.8 Å². The second kappa shape index (κ2) is 5.61. The molecule has 0 spiro atoms. The average Bonchev–Trinajstić information content (AvgIpc) is 2.47. The summed E-state index contributed by atoms with van der Waals surface area (Å²) in [5.74, 6) is -2.80. The molecule has 2 N–H and O–H groups in total. The molecular formula is C15H12O6S. The first-order chi connectivity index (χ1) is 10.2. The zero-order valence-corrected chi connectivity index (χ0v) is 12.3. The van der Waals surface area contributed by atoms with Crippen LogP contribution in [-0.4, -0.2) is 30.6 Å². The molecule has 0 saturated carbocycles. The Labute approximate surface area is 126 Å². The van der Waals surface area contributed by atoms with E-state index < -0.39 is 32.9 Å². The molecule has 0 aromatic heterocycles. The summed E-state index contributed by atoms with van der Waals surface area (Å²) in [6.07, 6.45) is 0. The van der Waals surface area contributed by atoms with Crippen molar-refractivity contribution >= 4 is 21.8 Å². The highest BCUT2D eigenvalue weighted by atomic mass is 32.2. The molecule has 0 unspecified atom stereocenters. The first-order valence-electron chi connectivity index (χ1n) is 6.15. The lowest BCUT2D eigenvalue weighted by atomic mass is 10.1. The van der Waals surface area contributed by atoms with Gasteiger partial charge in [0.2, 0.25) is 9.84 Å². The quantitative estimate of drug-likeness (QED) is 0.894. The molecule has 114 valence electrons. The van der Waals surface area contributed by atoms with Gasteiger partial charge in [-0.05, 0) is 37.3 Å². The Balaban J connectivity index is 2.66. The van der Waals surface area contributed by atoms with Gasteiger partial charge in [-0.15, -0.1) is 0 Å². The van der Waals surface area contributed by atoms with Crippen LogP contribution in [0.15, 0.2) is 52.3 Å². The molecule has 2 rings (SSSR count). The van der Waals surface area contributed by atoms with Crippen molar-refractivity contribution in [3.8, 4) is 0 Å². The molecule has 0 atom stereocenters. The molecule has 0 amide bonds. The summed E-state index contributed by atoms with van der Waals surface area (Å²) >= 11 is 0. The molecule has 0 saturated heterocycles. The van der Waals surface area contributed by atoms with Crippen LogP contribution in [0.3, 0.4) is 0 Å². The Kier molecular flexibility index (Phi) is 4.01. The maximum atomic E-state index is 12.5. The standard InChI is InChI=1S/C15H12O6S/c1-9-2-4-12(5-3-9)22(20,21)13-7-10(14(16)17)6-11(8-13)15(18)19/h2-8H,1H3,(H,16,17)(H,18,19). The van der Waals surface area contributed by atoms with Gasteiger partial charge in [0, 0.05) is 0 Å². The molecule has 2 aromatic rings. The minimum Gasteiger partial charge on any atom is -0.478 e. The summed E-state index contributed by atoms with van der Waals surface area (Å²) in [6.45, 7) is 1.80. The molecular weight excluding hydrogens is 308 g/mol. The van der Waals surface area contributed by atoms with Crippen molar-refractivity contribution in [3.63, 3.8) is 0 Å². The zero-order chi connectivity index (χ0) is 16.5. The lowest BCUT2D eigenvalue weighted by Gasteiger charge is -2.07. The van der Waals surface area contributed by atoms with Gasteiger partial charge in [-0.3, -0.25) is 0 Å². The van der Waals surface area contributed by atoms with Gasteiger partial charge in [-0.1, -0.05) is 17.7 Å². The van der Waals surface area contributed by atoms with Crippen LogP contribution >= 0.6 is 0 Å². The third-order valence-electron chi connectivity index (χ3n) is 3.04. The van der Waals surface area contributed by atoms with Gasteiger partial charge in [0.25, 0.3) is 0 Å². The van der Waals surface area contributed by atoms with Crippen LogP contribution in [0, 0.1) is 6.92 Å². The summed E-state index contributed by atoms with van der Waals surface area (Å²) < 4.78 is 25.0. The zero-order valence-electron chi connectivity index (χ0n) is 11.5. The van der Waals surface area contributed by atoms with Crippen LogP contribution in [0.25, 0.3) is 0 Å². The lowest BCUT2D eigenvalue weighted by molar-refractivity contribution is 0.0696. The predicted molar refractivity (Wildman–Crippen MR) is 77.0 cm³/mol. The van der Waals surface area contributed by atoms with E-state index in [9.17, 15) is 18.0 Å². The molecule has 6 nitrogen and oxygen atoms in total. The number of hydrogen-bond acceptors (Lipinski definition) is 4. The first-order valence-corrected chi connectivity index (χ1v) is 7.63. The van der Waals surface area contributed by atoms with E-state index in [2.05, 4.69) is 0 Å². The molecule has 0 heterocycles. The Hall–Kier alpha value is -2.67. The maximum absolute atomic E-state index is 12.5. The number of carboxylic acid groups (broad SMARTS) is 2. The number of carboxylic acids is 2. The van der Waals surface area contributed by atoms with Crippen LogP contribution in [0.2, 0.25) is 0 Å². The lowest BCUT2D eigenvalue weighted by Crippen LogP contribution is -2.08. The van der Waals surface area contributed by atoms with Gasteiger partial charge in [-0.25, -0.2) is 18.0 Å². The van der Waals surface area contributed by atoms with E-state index in [1.165, 1.54) is 12.1 Å². The van der Waals surface area contributed by atoms with E-state index in [1.54, 1.807) is 19.1 Å². The topological polar surface area (TPSA) is 109 Å². The largest absolute Gasteiger partial charge is 0.478 e. The van der Waals surface area contributed by atoms with E-state index in [1.807, 2.05) is 0 Å². The van der Waals surface area contributed by atoms with Gasteiger partial charge < -0.3 is 10.2 Å². The normalized spacial score (nSPS) is 11.1. The summed E-state index contributed by atoms with van der Waals surface area (Å²) in [4.78, 5) is 21.7. The van der Waals surface area contributed by atoms with Gasteiger partial charge in [0.15, 0.2) is 0 Å². The third kappa shape index (κ3) is 2.99. The Morgan fingerprint density at radius 1 is 0.818 bits per heavy atom. The fourth-order valence-electron chi connectivity index (χ4n) is 1.85. The molecule has 0 aliphatic carbocycles. The molecule has 22 heavy (non-hydrogen) atoms. The number of rotatable bonds is 4. The Morgan fingerprint density at radius 2 is 1.27 bits per heavy atom. The van der Waals surface area contributed by atoms with Crippen LogP contribution in [0.4, 0.5) is 0 Å². The fraction of sp³-hybridized carbons (Fsp3) is 0.0667. The smallest absolute Gasteiger partial charge is 0.335 e. The Bertz CT molecular complexity index is 818. The van der Waals surface area contributed by atoms with Crippen molar-refractivity contribution in [1.82, 2.24) is 0 Å².